The van der Waals surface area contributed by atoms with E-state index in [1.165, 1.54) is 13.3 Å². The van der Waals surface area contributed by atoms with Crippen LogP contribution in [-0.2, 0) is 9.59 Å². The highest BCUT2D eigenvalue weighted by Crippen LogP contribution is 2.31. The molecule has 2 N–H and O–H groups in total. The zero-order chi connectivity index (χ0) is 17.6. The number of amides is 2. The average Bonchev–Trinajstić information content (AvgIpc) is 3.09. The van der Waals surface area contributed by atoms with E-state index in [0.29, 0.717) is 28.5 Å². The molecule has 2 aromatic rings. The number of hydrogen-bond donors (Lipinski definition) is 2. The summed E-state index contributed by atoms with van der Waals surface area (Å²) in [4.78, 5) is 23.7. The van der Waals surface area contributed by atoms with E-state index in [9.17, 15) is 9.59 Å². The van der Waals surface area contributed by atoms with Crippen LogP contribution in [0.3, 0.4) is 0 Å². The summed E-state index contributed by atoms with van der Waals surface area (Å²) in [5.74, 6) is -0.0516. The van der Waals surface area contributed by atoms with Gasteiger partial charge in [0.05, 0.1) is 19.0 Å². The minimum absolute atomic E-state index is 0.176. The lowest BCUT2D eigenvalue weighted by molar-refractivity contribution is -0.136. The number of methoxy groups -OCH3 is 1. The lowest BCUT2D eigenvalue weighted by Gasteiger charge is -2.08. The number of benzene rings is 2. The Balaban J connectivity index is 1.57. The Morgan fingerprint density at radius 1 is 1.12 bits per heavy atom. The van der Waals surface area contributed by atoms with Crippen molar-refractivity contribution in [1.29, 1.82) is 0 Å². The second-order valence-corrected chi connectivity index (χ2v) is 4.97. The molecule has 128 valence electrons. The largest absolute Gasteiger partial charge is 0.495 e. The predicted molar refractivity (Wildman–Crippen MR) is 89.9 cm³/mol. The van der Waals surface area contributed by atoms with Gasteiger partial charge in [0.1, 0.15) is 5.75 Å². The summed E-state index contributed by atoms with van der Waals surface area (Å²) in [5.41, 5.74) is 3.24. The topological polar surface area (TPSA) is 98.2 Å². The van der Waals surface area contributed by atoms with Gasteiger partial charge in [-0.2, -0.15) is 5.10 Å². The first kappa shape index (κ1) is 16.3. The molecule has 3 rings (SSSR count). The zero-order valence-corrected chi connectivity index (χ0v) is 13.3. The van der Waals surface area contributed by atoms with Crippen LogP contribution in [0.5, 0.6) is 17.2 Å². The van der Waals surface area contributed by atoms with E-state index in [1.54, 1.807) is 42.5 Å². The van der Waals surface area contributed by atoms with Crippen molar-refractivity contribution in [3.8, 4) is 17.2 Å². The molecule has 2 amide bonds. The molecule has 8 heteroatoms. The molecule has 0 radical (unpaired) electrons. The van der Waals surface area contributed by atoms with E-state index in [2.05, 4.69) is 15.8 Å². The van der Waals surface area contributed by atoms with Gasteiger partial charge in [-0.15, -0.1) is 0 Å². The van der Waals surface area contributed by atoms with Crippen molar-refractivity contribution >= 4 is 23.7 Å². The summed E-state index contributed by atoms with van der Waals surface area (Å²) in [6.45, 7) is 0.176. The summed E-state index contributed by atoms with van der Waals surface area (Å²) >= 11 is 0. The third-order valence-corrected chi connectivity index (χ3v) is 3.34. The minimum atomic E-state index is -0.900. The molecule has 1 aliphatic rings. The second-order valence-electron chi connectivity index (χ2n) is 4.97. The van der Waals surface area contributed by atoms with Gasteiger partial charge in [0, 0.05) is 0 Å². The Bertz CT molecular complexity index is 835. The van der Waals surface area contributed by atoms with Gasteiger partial charge in [-0.25, -0.2) is 5.43 Å². The van der Waals surface area contributed by atoms with Crippen molar-refractivity contribution in [2.75, 3.05) is 19.2 Å². The molecule has 25 heavy (non-hydrogen) atoms. The number of carbonyl (C=O) groups excluding carboxylic acids is 2. The average molecular weight is 341 g/mol. The number of ether oxygens (including phenoxy) is 3. The lowest BCUT2D eigenvalue weighted by Crippen LogP contribution is -2.32. The van der Waals surface area contributed by atoms with Gasteiger partial charge in [-0.3, -0.25) is 9.59 Å². The van der Waals surface area contributed by atoms with Crippen LogP contribution >= 0.6 is 0 Å². The van der Waals surface area contributed by atoms with E-state index in [4.69, 9.17) is 14.2 Å². The number of rotatable bonds is 4. The highest BCUT2D eigenvalue weighted by atomic mass is 16.7. The summed E-state index contributed by atoms with van der Waals surface area (Å²) in [7, 11) is 1.47. The summed E-state index contributed by atoms with van der Waals surface area (Å²) in [5, 5.41) is 6.22. The Labute approximate surface area is 143 Å². The number of fused-ring (bicyclic) bond motifs is 1. The van der Waals surface area contributed by atoms with E-state index < -0.39 is 11.8 Å². The molecule has 1 heterocycles. The molecule has 2 aromatic carbocycles. The number of nitrogens with zero attached hydrogens (tertiary/aromatic N) is 1. The maximum Gasteiger partial charge on any atom is 0.329 e. The number of hydrazone groups is 1. The number of para-hydroxylation sites is 2. The van der Waals surface area contributed by atoms with Crippen LogP contribution in [0, 0.1) is 0 Å². The fraction of sp³-hybridized carbons (Fsp3) is 0.118. The van der Waals surface area contributed by atoms with E-state index in [0.717, 1.165) is 0 Å². The molecule has 0 atom stereocenters. The second kappa shape index (κ2) is 7.35. The zero-order valence-electron chi connectivity index (χ0n) is 13.3. The predicted octanol–water partition coefficient (Wildman–Crippen LogP) is 1.51. The number of anilines is 1. The fourth-order valence-corrected chi connectivity index (χ4v) is 2.14. The smallest absolute Gasteiger partial charge is 0.329 e. The summed E-state index contributed by atoms with van der Waals surface area (Å²) in [6, 6.07) is 12.0. The number of hydrogen-bond acceptors (Lipinski definition) is 6. The third-order valence-electron chi connectivity index (χ3n) is 3.34. The first-order valence-corrected chi connectivity index (χ1v) is 7.34. The molecule has 0 saturated carbocycles. The molecule has 0 unspecified atom stereocenters. The molecular formula is C17H15N3O5. The van der Waals surface area contributed by atoms with E-state index in [1.807, 2.05) is 0 Å². The standard InChI is InChI=1S/C17H15N3O5/c1-23-13-5-3-2-4-12(13)19-16(21)17(22)20-18-9-11-6-7-14-15(8-11)25-10-24-14/h2-9H,10H2,1H3,(H,19,21)(H,20,22)/b18-9-. The van der Waals surface area contributed by atoms with Crippen molar-refractivity contribution in [2.45, 2.75) is 0 Å². The molecular weight excluding hydrogens is 326 g/mol. The van der Waals surface area contributed by atoms with Gasteiger partial charge in [0.2, 0.25) is 6.79 Å². The van der Waals surface area contributed by atoms with E-state index >= 15 is 0 Å². The Kier molecular flexibility index (Phi) is 4.79. The van der Waals surface area contributed by atoms with Gasteiger partial charge in [0.25, 0.3) is 0 Å². The first-order valence-electron chi connectivity index (χ1n) is 7.34. The Morgan fingerprint density at radius 3 is 2.76 bits per heavy atom. The van der Waals surface area contributed by atoms with Crippen LogP contribution in [0.25, 0.3) is 0 Å². The first-order chi connectivity index (χ1) is 12.2. The van der Waals surface area contributed by atoms with Crippen molar-refractivity contribution in [1.82, 2.24) is 5.43 Å². The monoisotopic (exact) mass is 341 g/mol. The highest BCUT2D eigenvalue weighted by molar-refractivity contribution is 6.39. The maximum absolute atomic E-state index is 11.9. The van der Waals surface area contributed by atoms with Crippen LogP contribution in [0.4, 0.5) is 5.69 Å². The SMILES string of the molecule is COc1ccccc1NC(=O)C(=O)N/N=C\c1ccc2c(c1)OCO2. The quantitative estimate of drug-likeness (QED) is 0.499. The van der Waals surface area contributed by atoms with Gasteiger partial charge in [-0.1, -0.05) is 12.1 Å². The van der Waals surface area contributed by atoms with Crippen molar-refractivity contribution in [2.24, 2.45) is 5.10 Å². The maximum atomic E-state index is 11.9. The van der Waals surface area contributed by atoms with Crippen LogP contribution < -0.4 is 25.0 Å². The highest BCUT2D eigenvalue weighted by Gasteiger charge is 2.15. The van der Waals surface area contributed by atoms with Crippen LogP contribution in [0.1, 0.15) is 5.56 Å². The van der Waals surface area contributed by atoms with Gasteiger partial charge in [0.15, 0.2) is 11.5 Å². The molecule has 0 spiro atoms. The molecule has 0 fully saturated rings. The normalized spacial score (nSPS) is 12.0. The van der Waals surface area contributed by atoms with Crippen molar-refractivity contribution in [3.63, 3.8) is 0 Å². The fourth-order valence-electron chi connectivity index (χ4n) is 2.14. The van der Waals surface area contributed by atoms with Gasteiger partial charge >= 0.3 is 11.8 Å². The van der Waals surface area contributed by atoms with Crippen LogP contribution in [-0.4, -0.2) is 31.9 Å². The van der Waals surface area contributed by atoms with Crippen LogP contribution in [0.15, 0.2) is 47.6 Å². The minimum Gasteiger partial charge on any atom is -0.495 e. The lowest BCUT2D eigenvalue weighted by atomic mass is 10.2. The Hall–Kier alpha value is -3.55. The van der Waals surface area contributed by atoms with Crippen molar-refractivity contribution in [3.05, 3.63) is 48.0 Å². The Morgan fingerprint density at radius 2 is 1.92 bits per heavy atom. The van der Waals surface area contributed by atoms with E-state index in [-0.39, 0.29) is 6.79 Å². The third kappa shape index (κ3) is 3.86. The van der Waals surface area contributed by atoms with Gasteiger partial charge < -0.3 is 19.5 Å². The van der Waals surface area contributed by atoms with Gasteiger partial charge in [-0.05, 0) is 35.9 Å². The molecule has 0 saturated heterocycles. The number of carbonyl (C=O) groups is 2. The molecule has 0 aromatic heterocycles. The molecule has 0 bridgehead atoms. The summed E-state index contributed by atoms with van der Waals surface area (Å²) in [6.07, 6.45) is 1.40. The summed E-state index contributed by atoms with van der Waals surface area (Å²) < 4.78 is 15.6. The molecule has 1 aliphatic heterocycles. The molecule has 0 aliphatic carbocycles. The molecule has 8 nitrogen and oxygen atoms in total. The number of nitrogens with one attached hydrogen (secondary N) is 2. The van der Waals surface area contributed by atoms with Crippen LogP contribution in [0.2, 0.25) is 0 Å². The van der Waals surface area contributed by atoms with Crippen molar-refractivity contribution < 1.29 is 23.8 Å².